The first-order valence-electron chi connectivity index (χ1n) is 8.70. The maximum absolute atomic E-state index is 12.3. The average Bonchev–Trinajstić information content (AvgIpc) is 3.01. The van der Waals surface area contributed by atoms with Crippen molar-refractivity contribution in [2.45, 2.75) is 33.1 Å². The zero-order chi connectivity index (χ0) is 18.5. The van der Waals surface area contributed by atoms with E-state index >= 15 is 0 Å². The average molecular weight is 385 g/mol. The molecule has 2 aromatic carbocycles. The molecule has 0 radical (unpaired) electrons. The van der Waals surface area contributed by atoms with E-state index in [0.29, 0.717) is 15.1 Å². The SMILES string of the molecule is CCCCc1ccc(N=C2NC(=O)/C(=C(\C)c3ccc(Cl)cc3)S2)cc1. The lowest BCUT2D eigenvalue weighted by Crippen LogP contribution is -2.19. The minimum Gasteiger partial charge on any atom is -0.300 e. The third-order valence-electron chi connectivity index (χ3n) is 4.23. The molecule has 5 heteroatoms. The molecule has 3 rings (SSSR count). The molecule has 0 spiro atoms. The standard InChI is InChI=1S/C21H21ClN2OS/c1-3-4-5-15-6-12-18(13-7-15)23-21-24-20(25)19(26-21)14(2)16-8-10-17(22)11-9-16/h6-13H,3-5H2,1-2H3,(H,23,24,25)/b19-14-. The van der Waals surface area contributed by atoms with E-state index < -0.39 is 0 Å². The Balaban J connectivity index is 1.77. The molecule has 0 unspecified atom stereocenters. The van der Waals surface area contributed by atoms with E-state index in [4.69, 9.17) is 11.6 Å². The Bertz CT molecular complexity index is 855. The summed E-state index contributed by atoms with van der Waals surface area (Å²) in [7, 11) is 0. The van der Waals surface area contributed by atoms with Crippen molar-refractivity contribution >= 4 is 45.7 Å². The topological polar surface area (TPSA) is 41.5 Å². The fraction of sp³-hybridized carbons (Fsp3) is 0.238. The molecule has 3 nitrogen and oxygen atoms in total. The number of hydrogen-bond donors (Lipinski definition) is 1. The fourth-order valence-electron chi connectivity index (χ4n) is 2.69. The number of unbranched alkanes of at least 4 members (excludes halogenated alkanes) is 1. The van der Waals surface area contributed by atoms with Crippen LogP contribution in [0.1, 0.15) is 37.8 Å². The molecule has 1 heterocycles. The molecule has 134 valence electrons. The van der Waals surface area contributed by atoms with Crippen LogP contribution in [-0.4, -0.2) is 11.1 Å². The summed E-state index contributed by atoms with van der Waals surface area (Å²) in [6, 6.07) is 15.7. The van der Waals surface area contributed by atoms with Gasteiger partial charge in [-0.15, -0.1) is 0 Å². The molecule has 1 fully saturated rings. The molecule has 0 atom stereocenters. The lowest BCUT2D eigenvalue weighted by Gasteiger charge is -2.03. The molecular formula is C21H21ClN2OS. The molecule has 26 heavy (non-hydrogen) atoms. The number of amidine groups is 1. The highest BCUT2D eigenvalue weighted by Crippen LogP contribution is 2.33. The number of carbonyl (C=O) groups is 1. The second-order valence-corrected chi connectivity index (χ2v) is 7.64. The van der Waals surface area contributed by atoms with Crippen molar-refractivity contribution in [1.82, 2.24) is 5.32 Å². The zero-order valence-corrected chi connectivity index (χ0v) is 16.5. The highest BCUT2D eigenvalue weighted by Gasteiger charge is 2.26. The third-order valence-corrected chi connectivity index (χ3v) is 5.56. The Morgan fingerprint density at radius 1 is 1.12 bits per heavy atom. The first-order chi connectivity index (χ1) is 12.6. The summed E-state index contributed by atoms with van der Waals surface area (Å²) in [5.74, 6) is -0.110. The van der Waals surface area contributed by atoms with Gasteiger partial charge in [0, 0.05) is 5.02 Å². The van der Waals surface area contributed by atoms with Crippen molar-refractivity contribution in [2.24, 2.45) is 4.99 Å². The van der Waals surface area contributed by atoms with Gasteiger partial charge in [-0.1, -0.05) is 49.2 Å². The Hall–Kier alpha value is -2.04. The van der Waals surface area contributed by atoms with Crippen molar-refractivity contribution in [3.63, 3.8) is 0 Å². The lowest BCUT2D eigenvalue weighted by atomic mass is 10.1. The number of aryl methyl sites for hydroxylation is 1. The Morgan fingerprint density at radius 3 is 2.46 bits per heavy atom. The molecule has 1 aliphatic heterocycles. The van der Waals surface area contributed by atoms with Crippen LogP contribution in [0, 0.1) is 0 Å². The minimum atomic E-state index is -0.110. The molecule has 0 saturated carbocycles. The Kier molecular flexibility index (Phi) is 6.17. The first kappa shape index (κ1) is 18.7. The number of allylic oxidation sites excluding steroid dienone is 1. The van der Waals surface area contributed by atoms with E-state index in [1.165, 1.54) is 30.2 Å². The van der Waals surface area contributed by atoms with E-state index in [-0.39, 0.29) is 5.91 Å². The number of amides is 1. The van der Waals surface area contributed by atoms with Gasteiger partial charge in [0.05, 0.1) is 10.6 Å². The lowest BCUT2D eigenvalue weighted by molar-refractivity contribution is -0.115. The molecule has 0 aliphatic carbocycles. The smallest absolute Gasteiger partial charge is 0.264 e. The van der Waals surface area contributed by atoms with Gasteiger partial charge in [-0.3, -0.25) is 4.79 Å². The van der Waals surface area contributed by atoms with Crippen molar-refractivity contribution < 1.29 is 4.79 Å². The Morgan fingerprint density at radius 2 is 1.81 bits per heavy atom. The van der Waals surface area contributed by atoms with Crippen LogP contribution >= 0.6 is 23.4 Å². The summed E-state index contributed by atoms with van der Waals surface area (Å²) in [6.07, 6.45) is 3.47. The molecule has 0 aromatic heterocycles. The molecule has 1 saturated heterocycles. The highest BCUT2D eigenvalue weighted by atomic mass is 35.5. The molecular weight excluding hydrogens is 364 g/mol. The summed E-state index contributed by atoms with van der Waals surface area (Å²) in [6.45, 7) is 4.13. The normalized spacial score (nSPS) is 17.5. The predicted octanol–water partition coefficient (Wildman–Crippen LogP) is 5.96. The number of carbonyl (C=O) groups excluding carboxylic acids is 1. The monoisotopic (exact) mass is 384 g/mol. The summed E-state index contributed by atoms with van der Waals surface area (Å²) in [5, 5.41) is 4.14. The summed E-state index contributed by atoms with van der Waals surface area (Å²) in [5.41, 5.74) is 4.06. The molecule has 1 amide bonds. The second-order valence-electron chi connectivity index (χ2n) is 6.20. The van der Waals surface area contributed by atoms with Crippen molar-refractivity contribution in [3.05, 3.63) is 69.6 Å². The van der Waals surface area contributed by atoms with Gasteiger partial charge in [-0.25, -0.2) is 4.99 Å². The number of rotatable bonds is 5. The van der Waals surface area contributed by atoms with Gasteiger partial charge in [0.15, 0.2) is 5.17 Å². The van der Waals surface area contributed by atoms with E-state index in [1.807, 2.05) is 43.3 Å². The van der Waals surface area contributed by atoms with Crippen molar-refractivity contribution in [1.29, 1.82) is 0 Å². The minimum absolute atomic E-state index is 0.110. The zero-order valence-electron chi connectivity index (χ0n) is 14.9. The predicted molar refractivity (Wildman–Crippen MR) is 112 cm³/mol. The number of thioether (sulfide) groups is 1. The number of nitrogens with one attached hydrogen (secondary N) is 1. The molecule has 2 aromatic rings. The van der Waals surface area contributed by atoms with Crippen LogP contribution in [0.5, 0.6) is 0 Å². The van der Waals surface area contributed by atoms with Gasteiger partial charge in [-0.2, -0.15) is 0 Å². The number of nitrogens with zero attached hydrogens (tertiary/aromatic N) is 1. The first-order valence-corrected chi connectivity index (χ1v) is 9.90. The Labute approximate surface area is 163 Å². The number of aliphatic imine (C=N–C) groups is 1. The van der Waals surface area contributed by atoms with Crippen LogP contribution in [0.3, 0.4) is 0 Å². The van der Waals surface area contributed by atoms with Crippen LogP contribution in [0.4, 0.5) is 5.69 Å². The molecule has 1 aliphatic rings. The van der Waals surface area contributed by atoms with Crippen LogP contribution in [0.15, 0.2) is 58.4 Å². The summed E-state index contributed by atoms with van der Waals surface area (Å²) < 4.78 is 0. The van der Waals surface area contributed by atoms with Crippen molar-refractivity contribution in [3.8, 4) is 0 Å². The third kappa shape index (κ3) is 4.57. The van der Waals surface area contributed by atoms with Crippen LogP contribution in [0.2, 0.25) is 5.02 Å². The van der Waals surface area contributed by atoms with Crippen LogP contribution in [0.25, 0.3) is 5.57 Å². The molecule has 1 N–H and O–H groups in total. The fourth-order valence-corrected chi connectivity index (χ4v) is 3.72. The van der Waals surface area contributed by atoms with Crippen LogP contribution in [-0.2, 0) is 11.2 Å². The highest BCUT2D eigenvalue weighted by molar-refractivity contribution is 8.18. The largest absolute Gasteiger partial charge is 0.300 e. The van der Waals surface area contributed by atoms with Gasteiger partial charge >= 0.3 is 0 Å². The summed E-state index contributed by atoms with van der Waals surface area (Å²) >= 11 is 7.31. The van der Waals surface area contributed by atoms with E-state index in [2.05, 4.69) is 29.4 Å². The summed E-state index contributed by atoms with van der Waals surface area (Å²) in [4.78, 5) is 17.6. The second kappa shape index (κ2) is 8.56. The van der Waals surface area contributed by atoms with Gasteiger partial charge in [0.25, 0.3) is 5.91 Å². The van der Waals surface area contributed by atoms with Crippen molar-refractivity contribution in [2.75, 3.05) is 0 Å². The van der Waals surface area contributed by atoms with Gasteiger partial charge in [-0.05, 0) is 72.5 Å². The van der Waals surface area contributed by atoms with E-state index in [1.54, 1.807) is 0 Å². The number of benzene rings is 2. The van der Waals surface area contributed by atoms with Gasteiger partial charge in [0.2, 0.25) is 0 Å². The quantitative estimate of drug-likeness (QED) is 0.645. The molecule has 0 bridgehead atoms. The number of halogens is 1. The van der Waals surface area contributed by atoms with Crippen LogP contribution < -0.4 is 5.32 Å². The van der Waals surface area contributed by atoms with E-state index in [9.17, 15) is 4.79 Å². The maximum atomic E-state index is 12.3. The van der Waals surface area contributed by atoms with E-state index in [0.717, 1.165) is 23.2 Å². The van der Waals surface area contributed by atoms with Gasteiger partial charge in [0.1, 0.15) is 0 Å². The number of hydrogen-bond acceptors (Lipinski definition) is 3. The van der Waals surface area contributed by atoms with Gasteiger partial charge < -0.3 is 5.32 Å². The maximum Gasteiger partial charge on any atom is 0.264 e.